The van der Waals surface area contributed by atoms with Crippen LogP contribution >= 0.6 is 0 Å². The van der Waals surface area contributed by atoms with E-state index < -0.39 is 0 Å². The van der Waals surface area contributed by atoms with E-state index in [1.54, 1.807) is 0 Å². The topological polar surface area (TPSA) is 38.3 Å². The first kappa shape index (κ1) is 10.5. The Morgan fingerprint density at radius 2 is 2.38 bits per heavy atom. The zero-order valence-corrected chi connectivity index (χ0v) is 8.51. The minimum atomic E-state index is -0.0750. The van der Waals surface area contributed by atoms with Crippen LogP contribution in [0, 0.1) is 5.92 Å². The first-order chi connectivity index (χ1) is 6.25. The van der Waals surface area contributed by atoms with Crippen LogP contribution in [0.4, 0.5) is 0 Å². The van der Waals surface area contributed by atoms with Gasteiger partial charge >= 0.3 is 5.97 Å². The summed E-state index contributed by atoms with van der Waals surface area (Å²) in [4.78, 5) is 11.5. The Kier molecular flexibility index (Phi) is 4.22. The number of carbonyl (C=O) groups excluding carboxylic acids is 1. The van der Waals surface area contributed by atoms with Crippen molar-refractivity contribution in [2.45, 2.75) is 39.2 Å². The second kappa shape index (κ2) is 5.22. The van der Waals surface area contributed by atoms with Crippen molar-refractivity contribution in [3.05, 3.63) is 0 Å². The highest BCUT2D eigenvalue weighted by molar-refractivity contribution is 5.76. The van der Waals surface area contributed by atoms with Gasteiger partial charge in [-0.2, -0.15) is 0 Å². The highest BCUT2D eigenvalue weighted by Crippen LogP contribution is 2.16. The van der Waals surface area contributed by atoms with Crippen LogP contribution < -0.4 is 5.32 Å². The van der Waals surface area contributed by atoms with Gasteiger partial charge in [-0.05, 0) is 31.7 Å². The molecule has 13 heavy (non-hydrogen) atoms. The fraction of sp³-hybridized carbons (Fsp3) is 0.900. The summed E-state index contributed by atoms with van der Waals surface area (Å²) in [5.74, 6) is 0.340. The minimum Gasteiger partial charge on any atom is -0.465 e. The molecule has 1 rings (SSSR count). The fourth-order valence-electron chi connectivity index (χ4n) is 1.66. The van der Waals surface area contributed by atoms with Crippen LogP contribution in [0.15, 0.2) is 0 Å². The molecule has 1 aliphatic heterocycles. The summed E-state index contributed by atoms with van der Waals surface area (Å²) in [7, 11) is 0. The Bertz CT molecular complexity index is 170. The maximum Gasteiger partial charge on any atom is 0.323 e. The van der Waals surface area contributed by atoms with Crippen LogP contribution in [0.25, 0.3) is 0 Å². The van der Waals surface area contributed by atoms with Crippen LogP contribution in [0.3, 0.4) is 0 Å². The van der Waals surface area contributed by atoms with Crippen molar-refractivity contribution in [1.29, 1.82) is 0 Å². The number of hydrogen-bond donors (Lipinski definition) is 1. The zero-order valence-electron chi connectivity index (χ0n) is 8.51. The van der Waals surface area contributed by atoms with E-state index in [2.05, 4.69) is 12.2 Å². The molecule has 0 amide bonds. The summed E-state index contributed by atoms with van der Waals surface area (Å²) in [6.45, 7) is 5.59. The van der Waals surface area contributed by atoms with Crippen molar-refractivity contribution >= 4 is 5.97 Å². The number of piperidine rings is 1. The van der Waals surface area contributed by atoms with Gasteiger partial charge in [0.1, 0.15) is 6.04 Å². The van der Waals surface area contributed by atoms with Crippen LogP contribution in [0.2, 0.25) is 0 Å². The van der Waals surface area contributed by atoms with Gasteiger partial charge < -0.3 is 10.1 Å². The third kappa shape index (κ3) is 2.99. The van der Waals surface area contributed by atoms with Crippen LogP contribution in [0.1, 0.15) is 33.1 Å². The zero-order chi connectivity index (χ0) is 9.68. The molecule has 1 N–H and O–H groups in total. The van der Waals surface area contributed by atoms with E-state index in [0.717, 1.165) is 19.4 Å². The summed E-state index contributed by atoms with van der Waals surface area (Å²) < 4.78 is 5.10. The Morgan fingerprint density at radius 1 is 1.62 bits per heavy atom. The second-order valence-corrected chi connectivity index (χ2v) is 3.72. The SMILES string of the molecule is CCCOC(=O)C1NCCCC1C. The predicted octanol–water partition coefficient (Wildman–Crippen LogP) is 1.33. The molecule has 1 heterocycles. The van der Waals surface area contributed by atoms with Crippen molar-refractivity contribution in [2.75, 3.05) is 13.2 Å². The molecule has 76 valence electrons. The minimum absolute atomic E-state index is 0.0692. The average Bonchev–Trinajstić information content (AvgIpc) is 2.15. The second-order valence-electron chi connectivity index (χ2n) is 3.72. The van der Waals surface area contributed by atoms with Crippen molar-refractivity contribution in [3.63, 3.8) is 0 Å². The first-order valence-electron chi connectivity index (χ1n) is 5.15. The van der Waals surface area contributed by atoms with Crippen molar-refractivity contribution < 1.29 is 9.53 Å². The number of carbonyl (C=O) groups is 1. The molecule has 0 aliphatic carbocycles. The van der Waals surface area contributed by atoms with E-state index in [0.29, 0.717) is 12.5 Å². The summed E-state index contributed by atoms with van der Waals surface area (Å²) in [5, 5.41) is 3.20. The van der Waals surface area contributed by atoms with Crippen molar-refractivity contribution in [2.24, 2.45) is 5.92 Å². The van der Waals surface area contributed by atoms with E-state index in [9.17, 15) is 4.79 Å². The summed E-state index contributed by atoms with van der Waals surface area (Å²) in [6, 6.07) is -0.0692. The van der Waals surface area contributed by atoms with E-state index in [-0.39, 0.29) is 12.0 Å². The van der Waals surface area contributed by atoms with Gasteiger partial charge in [-0.1, -0.05) is 13.8 Å². The molecule has 1 saturated heterocycles. The molecule has 0 aromatic rings. The number of rotatable bonds is 3. The molecule has 0 saturated carbocycles. The lowest BCUT2D eigenvalue weighted by Gasteiger charge is -2.28. The van der Waals surface area contributed by atoms with Gasteiger partial charge in [0.05, 0.1) is 6.61 Å². The van der Waals surface area contributed by atoms with Crippen molar-refractivity contribution in [3.8, 4) is 0 Å². The van der Waals surface area contributed by atoms with E-state index in [1.165, 1.54) is 6.42 Å². The number of esters is 1. The molecular formula is C10H19NO2. The third-order valence-corrected chi connectivity index (χ3v) is 2.47. The molecule has 0 spiro atoms. The van der Waals surface area contributed by atoms with E-state index in [1.807, 2.05) is 6.92 Å². The molecule has 0 aromatic heterocycles. The Hall–Kier alpha value is -0.570. The van der Waals surface area contributed by atoms with E-state index in [4.69, 9.17) is 4.74 Å². The summed E-state index contributed by atoms with van der Waals surface area (Å²) >= 11 is 0. The molecule has 1 fully saturated rings. The predicted molar refractivity (Wildman–Crippen MR) is 51.4 cm³/mol. The smallest absolute Gasteiger partial charge is 0.323 e. The molecular weight excluding hydrogens is 166 g/mol. The van der Waals surface area contributed by atoms with Crippen LogP contribution in [-0.4, -0.2) is 25.2 Å². The van der Waals surface area contributed by atoms with Crippen molar-refractivity contribution in [1.82, 2.24) is 5.32 Å². The first-order valence-corrected chi connectivity index (χ1v) is 5.15. The molecule has 2 unspecified atom stereocenters. The summed E-state index contributed by atoms with van der Waals surface area (Å²) in [5.41, 5.74) is 0. The Balaban J connectivity index is 2.35. The standard InChI is InChI=1S/C10H19NO2/c1-3-7-13-10(12)9-8(2)5-4-6-11-9/h8-9,11H,3-7H2,1-2H3. The van der Waals surface area contributed by atoms with Gasteiger partial charge in [-0.3, -0.25) is 4.79 Å². The molecule has 0 bridgehead atoms. The van der Waals surface area contributed by atoms with Gasteiger partial charge in [-0.25, -0.2) is 0 Å². The van der Waals surface area contributed by atoms with Crippen LogP contribution in [0.5, 0.6) is 0 Å². The van der Waals surface area contributed by atoms with Gasteiger partial charge in [0.2, 0.25) is 0 Å². The molecule has 1 aliphatic rings. The largest absolute Gasteiger partial charge is 0.465 e. The number of ether oxygens (including phenoxy) is 1. The highest BCUT2D eigenvalue weighted by Gasteiger charge is 2.28. The number of hydrogen-bond acceptors (Lipinski definition) is 3. The normalized spacial score (nSPS) is 28.5. The lowest BCUT2D eigenvalue weighted by molar-refractivity contribution is -0.148. The maximum absolute atomic E-state index is 11.5. The quantitative estimate of drug-likeness (QED) is 0.674. The van der Waals surface area contributed by atoms with Gasteiger partial charge in [0.25, 0.3) is 0 Å². The third-order valence-electron chi connectivity index (χ3n) is 2.47. The molecule has 3 nitrogen and oxygen atoms in total. The molecule has 2 atom stereocenters. The van der Waals surface area contributed by atoms with Crippen LogP contribution in [-0.2, 0) is 9.53 Å². The van der Waals surface area contributed by atoms with E-state index >= 15 is 0 Å². The molecule has 0 radical (unpaired) electrons. The Labute approximate surface area is 79.8 Å². The fourth-order valence-corrected chi connectivity index (χ4v) is 1.66. The highest BCUT2D eigenvalue weighted by atomic mass is 16.5. The van der Waals surface area contributed by atoms with Gasteiger partial charge in [-0.15, -0.1) is 0 Å². The molecule has 0 aromatic carbocycles. The number of nitrogens with one attached hydrogen (secondary N) is 1. The van der Waals surface area contributed by atoms with Gasteiger partial charge in [0, 0.05) is 0 Å². The molecule has 3 heteroatoms. The average molecular weight is 185 g/mol. The monoisotopic (exact) mass is 185 g/mol. The lowest BCUT2D eigenvalue weighted by atomic mass is 9.93. The Morgan fingerprint density at radius 3 is 3.00 bits per heavy atom. The maximum atomic E-state index is 11.5. The lowest BCUT2D eigenvalue weighted by Crippen LogP contribution is -2.46. The summed E-state index contributed by atoms with van der Waals surface area (Å²) in [6.07, 6.45) is 3.18. The van der Waals surface area contributed by atoms with Gasteiger partial charge in [0.15, 0.2) is 0 Å².